The molecule has 2 aromatic rings. The molecule has 1 aliphatic rings. The second-order valence-electron chi connectivity index (χ2n) is 7.48. The van der Waals surface area contributed by atoms with E-state index in [1.54, 1.807) is 16.9 Å². The first-order chi connectivity index (χ1) is 13.9. The number of carbonyl (C=O) groups is 2. The maximum Gasteiger partial charge on any atom is 0.257 e. The molecule has 1 saturated heterocycles. The van der Waals surface area contributed by atoms with Crippen molar-refractivity contribution in [1.82, 2.24) is 24.9 Å². The Morgan fingerprint density at radius 1 is 1.24 bits per heavy atom. The zero-order valence-electron chi connectivity index (χ0n) is 17.2. The van der Waals surface area contributed by atoms with Gasteiger partial charge in [0.2, 0.25) is 5.91 Å². The van der Waals surface area contributed by atoms with E-state index in [9.17, 15) is 9.59 Å². The van der Waals surface area contributed by atoms with E-state index >= 15 is 0 Å². The Balaban J connectivity index is 1.59. The number of nitrogens with zero attached hydrogens (tertiary/aromatic N) is 4. The zero-order valence-corrected chi connectivity index (χ0v) is 17.9. The molecular weight excluding hydrogens is 390 g/mol. The molecule has 0 aliphatic carbocycles. The average Bonchev–Trinajstić information content (AvgIpc) is 3.09. The molecule has 0 saturated carbocycles. The summed E-state index contributed by atoms with van der Waals surface area (Å²) in [6, 6.07) is 7.57. The lowest BCUT2D eigenvalue weighted by atomic mass is 10.2. The molecule has 1 aliphatic heterocycles. The molecule has 29 heavy (non-hydrogen) atoms. The van der Waals surface area contributed by atoms with Crippen molar-refractivity contribution in [3.05, 3.63) is 46.7 Å². The van der Waals surface area contributed by atoms with Crippen molar-refractivity contribution in [3.63, 3.8) is 0 Å². The molecule has 1 atom stereocenters. The zero-order chi connectivity index (χ0) is 21.0. The Morgan fingerprint density at radius 2 is 1.97 bits per heavy atom. The Morgan fingerprint density at radius 3 is 2.62 bits per heavy atom. The van der Waals surface area contributed by atoms with E-state index in [0.29, 0.717) is 43.3 Å². The summed E-state index contributed by atoms with van der Waals surface area (Å²) < 4.78 is 1.73. The van der Waals surface area contributed by atoms with Crippen LogP contribution in [0.5, 0.6) is 0 Å². The third-order valence-corrected chi connectivity index (χ3v) is 5.57. The summed E-state index contributed by atoms with van der Waals surface area (Å²) in [5, 5.41) is 7.99. The average molecular weight is 418 g/mol. The molecule has 1 aromatic carbocycles. The van der Waals surface area contributed by atoms with Crippen LogP contribution >= 0.6 is 11.6 Å². The van der Waals surface area contributed by atoms with E-state index in [-0.39, 0.29) is 17.9 Å². The molecule has 7 nitrogen and oxygen atoms in total. The lowest BCUT2D eigenvalue weighted by molar-refractivity contribution is -0.123. The first kappa shape index (κ1) is 21.3. The monoisotopic (exact) mass is 417 g/mol. The predicted molar refractivity (Wildman–Crippen MR) is 114 cm³/mol. The van der Waals surface area contributed by atoms with Gasteiger partial charge in [0.15, 0.2) is 0 Å². The highest BCUT2D eigenvalue weighted by molar-refractivity contribution is 6.30. The van der Waals surface area contributed by atoms with Crippen LogP contribution in [0.2, 0.25) is 5.02 Å². The second-order valence-corrected chi connectivity index (χ2v) is 7.92. The highest BCUT2D eigenvalue weighted by atomic mass is 35.5. The molecular formula is C21H28ClN5O2. The van der Waals surface area contributed by atoms with Crippen LogP contribution in [0.3, 0.4) is 0 Å². The van der Waals surface area contributed by atoms with Crippen molar-refractivity contribution in [1.29, 1.82) is 0 Å². The quantitative estimate of drug-likeness (QED) is 0.784. The number of rotatable bonds is 6. The fraction of sp³-hybridized carbons (Fsp3) is 0.476. The third-order valence-electron chi connectivity index (χ3n) is 5.34. The Hall–Kier alpha value is -2.38. The maximum atomic E-state index is 13.0. The second kappa shape index (κ2) is 9.41. The van der Waals surface area contributed by atoms with Crippen molar-refractivity contribution in [2.75, 3.05) is 32.7 Å². The smallest absolute Gasteiger partial charge is 0.257 e. The van der Waals surface area contributed by atoms with Crippen molar-refractivity contribution in [2.45, 2.75) is 33.2 Å². The number of hydrogen-bond donors (Lipinski definition) is 1. The molecule has 1 aromatic heterocycles. The largest absolute Gasteiger partial charge is 0.353 e. The number of nitrogens with one attached hydrogen (secondary N) is 1. The fourth-order valence-corrected chi connectivity index (χ4v) is 3.58. The van der Waals surface area contributed by atoms with Crippen LogP contribution in [0.15, 0.2) is 30.5 Å². The van der Waals surface area contributed by atoms with E-state index in [1.807, 2.05) is 43.9 Å². The number of piperazine rings is 1. The Bertz CT molecular complexity index is 874. The third kappa shape index (κ3) is 5.16. The van der Waals surface area contributed by atoms with Gasteiger partial charge in [-0.25, -0.2) is 4.68 Å². The van der Waals surface area contributed by atoms with Crippen LogP contribution in [-0.4, -0.2) is 70.2 Å². The molecule has 1 fully saturated rings. The molecule has 2 amide bonds. The van der Waals surface area contributed by atoms with Crippen LogP contribution in [0, 0.1) is 6.92 Å². The summed E-state index contributed by atoms with van der Waals surface area (Å²) in [5.41, 5.74) is 2.20. The van der Waals surface area contributed by atoms with Gasteiger partial charge < -0.3 is 10.2 Å². The van der Waals surface area contributed by atoms with Crippen molar-refractivity contribution in [2.24, 2.45) is 0 Å². The van der Waals surface area contributed by atoms with Crippen molar-refractivity contribution >= 4 is 23.4 Å². The highest BCUT2D eigenvalue weighted by Crippen LogP contribution is 2.19. The van der Waals surface area contributed by atoms with Gasteiger partial charge in [0.05, 0.1) is 29.7 Å². The maximum absolute atomic E-state index is 13.0. The molecule has 1 unspecified atom stereocenters. The van der Waals surface area contributed by atoms with Gasteiger partial charge in [-0.3, -0.25) is 14.5 Å². The summed E-state index contributed by atoms with van der Waals surface area (Å²) in [7, 11) is 0. The van der Waals surface area contributed by atoms with Gasteiger partial charge in [-0.15, -0.1) is 0 Å². The number of halogens is 1. The SMILES string of the molecule is CCC(C)NC(=O)CN1CCN(C(=O)c2cnn(-c3cccc(Cl)c3)c2C)CC1. The van der Waals surface area contributed by atoms with Crippen molar-refractivity contribution < 1.29 is 9.59 Å². The summed E-state index contributed by atoms with van der Waals surface area (Å²) in [5.74, 6) is 0.0113. The van der Waals surface area contributed by atoms with Gasteiger partial charge >= 0.3 is 0 Å². The van der Waals surface area contributed by atoms with E-state index in [4.69, 9.17) is 11.6 Å². The normalized spacial score (nSPS) is 15.9. The van der Waals surface area contributed by atoms with Gasteiger partial charge in [0, 0.05) is 37.2 Å². The number of aromatic nitrogens is 2. The van der Waals surface area contributed by atoms with Crippen LogP contribution in [0.1, 0.15) is 36.3 Å². The summed E-state index contributed by atoms with van der Waals surface area (Å²) in [4.78, 5) is 29.0. The Labute approximate surface area is 176 Å². The molecule has 8 heteroatoms. The van der Waals surface area contributed by atoms with Gasteiger partial charge in [-0.1, -0.05) is 24.6 Å². The summed E-state index contributed by atoms with van der Waals surface area (Å²) in [6.45, 7) is 8.86. The first-order valence-corrected chi connectivity index (χ1v) is 10.4. The summed E-state index contributed by atoms with van der Waals surface area (Å²) in [6.07, 6.45) is 2.53. The molecule has 0 radical (unpaired) electrons. The first-order valence-electron chi connectivity index (χ1n) is 10.0. The molecule has 1 N–H and O–H groups in total. The number of carbonyl (C=O) groups excluding carboxylic acids is 2. The van der Waals surface area contributed by atoms with Crippen LogP contribution < -0.4 is 5.32 Å². The predicted octanol–water partition coefficient (Wildman–Crippen LogP) is 2.51. The van der Waals surface area contributed by atoms with Gasteiger partial charge in [-0.2, -0.15) is 5.10 Å². The molecule has 0 bridgehead atoms. The van der Waals surface area contributed by atoms with Crippen LogP contribution in [-0.2, 0) is 4.79 Å². The minimum atomic E-state index is -0.0283. The van der Waals surface area contributed by atoms with E-state index in [1.165, 1.54) is 0 Å². The lowest BCUT2D eigenvalue weighted by Gasteiger charge is -2.34. The van der Waals surface area contributed by atoms with E-state index < -0.39 is 0 Å². The van der Waals surface area contributed by atoms with Gasteiger partial charge in [-0.05, 0) is 38.5 Å². The summed E-state index contributed by atoms with van der Waals surface area (Å²) >= 11 is 6.07. The number of benzene rings is 1. The molecule has 2 heterocycles. The van der Waals surface area contributed by atoms with Gasteiger partial charge in [0.1, 0.15) is 0 Å². The molecule has 0 spiro atoms. The number of amides is 2. The fourth-order valence-electron chi connectivity index (χ4n) is 3.39. The Kier molecular flexibility index (Phi) is 6.92. The number of hydrogen-bond acceptors (Lipinski definition) is 4. The standard InChI is InChI=1S/C21H28ClN5O2/c1-4-15(2)24-20(28)14-25-8-10-26(11-9-25)21(29)19-13-23-27(16(19)3)18-7-5-6-17(22)12-18/h5-7,12-13,15H,4,8-11,14H2,1-3H3,(H,24,28). The molecule has 3 rings (SSSR count). The lowest BCUT2D eigenvalue weighted by Crippen LogP contribution is -2.51. The van der Waals surface area contributed by atoms with Crippen LogP contribution in [0.4, 0.5) is 0 Å². The van der Waals surface area contributed by atoms with E-state index in [2.05, 4.69) is 15.3 Å². The van der Waals surface area contributed by atoms with E-state index in [0.717, 1.165) is 17.8 Å². The highest BCUT2D eigenvalue weighted by Gasteiger charge is 2.26. The van der Waals surface area contributed by atoms with Gasteiger partial charge in [0.25, 0.3) is 5.91 Å². The van der Waals surface area contributed by atoms with Crippen LogP contribution in [0.25, 0.3) is 5.69 Å². The minimum absolute atomic E-state index is 0.0283. The van der Waals surface area contributed by atoms with Crippen molar-refractivity contribution in [3.8, 4) is 5.69 Å². The minimum Gasteiger partial charge on any atom is -0.353 e. The molecule has 156 valence electrons. The topological polar surface area (TPSA) is 70.5 Å².